The monoisotopic (exact) mass is 351 g/mol. The minimum absolute atomic E-state index is 0.670. The fourth-order valence-corrected chi connectivity index (χ4v) is 3.93. The smallest absolute Gasteiger partial charge is 0.134 e. The van der Waals surface area contributed by atoms with E-state index in [1.165, 1.54) is 31.4 Å². The number of hydrogen-bond donors (Lipinski definition) is 0. The molecule has 1 saturated carbocycles. The second-order valence-electron chi connectivity index (χ2n) is 7.48. The summed E-state index contributed by atoms with van der Waals surface area (Å²) < 4.78 is 0. The topological polar surface area (TPSA) is 61.3 Å². The van der Waals surface area contributed by atoms with Crippen LogP contribution in [0.1, 0.15) is 37.3 Å². The Morgan fingerprint density at radius 1 is 0.615 bits per heavy atom. The van der Waals surface area contributed by atoms with Crippen LogP contribution in [0, 0.1) is 0 Å². The van der Waals surface area contributed by atoms with Crippen LogP contribution in [-0.2, 0) is 0 Å². The predicted molar refractivity (Wildman–Crippen MR) is 102 cm³/mol. The van der Waals surface area contributed by atoms with Crippen LogP contribution in [-0.4, -0.2) is 59.2 Å². The molecule has 136 valence electrons. The second-order valence-corrected chi connectivity index (χ2v) is 7.48. The molecule has 26 heavy (non-hydrogen) atoms. The van der Waals surface area contributed by atoms with Gasteiger partial charge < -0.3 is 14.7 Å². The lowest BCUT2D eigenvalue weighted by Gasteiger charge is -2.36. The zero-order chi connectivity index (χ0) is 17.3. The highest BCUT2D eigenvalue weighted by atomic mass is 15.3. The number of piperazine rings is 1. The van der Waals surface area contributed by atoms with Gasteiger partial charge in [-0.1, -0.05) is 0 Å². The Balaban J connectivity index is 1.25. The lowest BCUT2D eigenvalue weighted by Crippen LogP contribution is -2.47. The Morgan fingerprint density at radius 3 is 1.69 bits per heavy atom. The first-order valence-corrected chi connectivity index (χ1v) is 9.76. The maximum absolute atomic E-state index is 4.52. The van der Waals surface area contributed by atoms with Crippen molar-refractivity contribution in [2.24, 2.45) is 0 Å². The molecule has 3 fully saturated rings. The summed E-state index contributed by atoms with van der Waals surface area (Å²) in [6, 6.07) is 4.33. The highest BCUT2D eigenvalue weighted by Crippen LogP contribution is 2.39. The van der Waals surface area contributed by atoms with E-state index < -0.39 is 0 Å². The summed E-state index contributed by atoms with van der Waals surface area (Å²) >= 11 is 0. The number of rotatable bonds is 4. The Bertz CT molecular complexity index is 762. The molecule has 7 nitrogen and oxygen atoms in total. The summed E-state index contributed by atoms with van der Waals surface area (Å²) in [6.07, 6.45) is 8.51. The third-order valence-corrected chi connectivity index (χ3v) is 5.67. The first kappa shape index (κ1) is 15.8. The van der Waals surface area contributed by atoms with Gasteiger partial charge in [0.2, 0.25) is 0 Å². The van der Waals surface area contributed by atoms with E-state index in [4.69, 9.17) is 0 Å². The van der Waals surface area contributed by atoms with Gasteiger partial charge in [0.25, 0.3) is 0 Å². The first-order chi connectivity index (χ1) is 12.9. The molecule has 0 atom stereocenters. The van der Waals surface area contributed by atoms with E-state index in [9.17, 15) is 0 Å². The summed E-state index contributed by atoms with van der Waals surface area (Å²) in [6.45, 7) is 6.06. The van der Waals surface area contributed by atoms with Crippen molar-refractivity contribution < 1.29 is 0 Å². The molecule has 0 unspecified atom stereocenters. The second kappa shape index (κ2) is 6.70. The van der Waals surface area contributed by atoms with Crippen molar-refractivity contribution in [3.05, 3.63) is 30.5 Å². The van der Waals surface area contributed by atoms with Crippen LogP contribution in [0.2, 0.25) is 0 Å². The summed E-state index contributed by atoms with van der Waals surface area (Å²) in [5, 5.41) is 0. The predicted octanol–water partition coefficient (Wildman–Crippen LogP) is 2.07. The van der Waals surface area contributed by atoms with Crippen LogP contribution in [0.3, 0.4) is 0 Å². The molecule has 0 radical (unpaired) electrons. The van der Waals surface area contributed by atoms with Gasteiger partial charge >= 0.3 is 0 Å². The van der Waals surface area contributed by atoms with Crippen molar-refractivity contribution in [2.75, 3.05) is 54.0 Å². The fourth-order valence-electron chi connectivity index (χ4n) is 3.93. The maximum Gasteiger partial charge on any atom is 0.134 e. The molecule has 2 aromatic heterocycles. The van der Waals surface area contributed by atoms with E-state index >= 15 is 0 Å². The molecule has 2 saturated heterocycles. The molecule has 4 heterocycles. The maximum atomic E-state index is 4.52. The van der Waals surface area contributed by atoms with Gasteiger partial charge in [0, 0.05) is 63.0 Å². The van der Waals surface area contributed by atoms with Gasteiger partial charge in [-0.05, 0) is 25.7 Å². The van der Waals surface area contributed by atoms with Crippen LogP contribution in [0.5, 0.6) is 0 Å². The van der Waals surface area contributed by atoms with Crippen LogP contribution < -0.4 is 14.7 Å². The van der Waals surface area contributed by atoms with Crippen LogP contribution in [0.25, 0.3) is 0 Å². The van der Waals surface area contributed by atoms with Gasteiger partial charge in [-0.15, -0.1) is 0 Å². The number of nitrogens with zero attached hydrogens (tertiary/aromatic N) is 7. The molecule has 0 N–H and O–H groups in total. The van der Waals surface area contributed by atoms with Crippen molar-refractivity contribution in [1.82, 2.24) is 19.9 Å². The summed E-state index contributed by atoms with van der Waals surface area (Å²) in [5.41, 5.74) is 1.21. The number of anilines is 3. The molecule has 7 heteroatoms. The zero-order valence-corrected chi connectivity index (χ0v) is 15.1. The Kier molecular flexibility index (Phi) is 4.07. The molecular weight excluding hydrogens is 326 g/mol. The van der Waals surface area contributed by atoms with E-state index in [1.54, 1.807) is 12.7 Å². The highest BCUT2D eigenvalue weighted by molar-refractivity contribution is 5.52. The van der Waals surface area contributed by atoms with Gasteiger partial charge in [-0.25, -0.2) is 19.9 Å². The lowest BCUT2D eigenvalue weighted by molar-refractivity contribution is 0.639. The SMILES string of the molecule is c1nc(C2CC2)cc(N2CCN(c3cc(N4CCCC4)ncn3)CC2)n1. The van der Waals surface area contributed by atoms with E-state index in [0.29, 0.717) is 5.92 Å². The van der Waals surface area contributed by atoms with Gasteiger partial charge in [0.1, 0.15) is 30.1 Å². The largest absolute Gasteiger partial charge is 0.356 e. The van der Waals surface area contributed by atoms with Crippen molar-refractivity contribution in [2.45, 2.75) is 31.6 Å². The minimum Gasteiger partial charge on any atom is -0.356 e. The minimum atomic E-state index is 0.670. The third-order valence-electron chi connectivity index (χ3n) is 5.67. The molecule has 0 amide bonds. The van der Waals surface area contributed by atoms with Crippen molar-refractivity contribution in [3.8, 4) is 0 Å². The Morgan fingerprint density at radius 2 is 1.12 bits per heavy atom. The normalized spacial score (nSPS) is 20.7. The number of hydrogen-bond acceptors (Lipinski definition) is 7. The van der Waals surface area contributed by atoms with Crippen LogP contribution >= 0.6 is 0 Å². The van der Waals surface area contributed by atoms with Crippen LogP contribution in [0.15, 0.2) is 24.8 Å². The van der Waals surface area contributed by atoms with E-state index in [0.717, 1.165) is 56.7 Å². The van der Waals surface area contributed by atoms with Gasteiger partial charge in [0.05, 0.1) is 0 Å². The standard InChI is InChI=1S/C19H25N7/c1-2-6-24(5-1)18-12-19(23-14-22-18)26-9-7-25(8-10-26)17-11-16(15-3-4-15)20-13-21-17/h11-15H,1-10H2. The summed E-state index contributed by atoms with van der Waals surface area (Å²) in [7, 11) is 0. The molecule has 1 aliphatic carbocycles. The molecule has 5 rings (SSSR count). The van der Waals surface area contributed by atoms with Crippen LogP contribution in [0.4, 0.5) is 17.5 Å². The zero-order valence-electron chi connectivity index (χ0n) is 15.1. The van der Waals surface area contributed by atoms with E-state index in [-0.39, 0.29) is 0 Å². The van der Waals surface area contributed by atoms with Gasteiger partial charge in [-0.3, -0.25) is 0 Å². The van der Waals surface area contributed by atoms with Gasteiger partial charge in [0.15, 0.2) is 0 Å². The molecule has 2 aliphatic heterocycles. The molecule has 0 bridgehead atoms. The molecule has 3 aliphatic rings. The third kappa shape index (κ3) is 3.18. The summed E-state index contributed by atoms with van der Waals surface area (Å²) in [5.74, 6) is 3.85. The average Bonchev–Trinajstić information content (AvgIpc) is 3.42. The molecule has 2 aromatic rings. The lowest BCUT2D eigenvalue weighted by atomic mass is 10.2. The number of aromatic nitrogens is 4. The Hall–Kier alpha value is -2.44. The van der Waals surface area contributed by atoms with Crippen molar-refractivity contribution in [3.63, 3.8) is 0 Å². The van der Waals surface area contributed by atoms with E-state index in [2.05, 4.69) is 46.8 Å². The Labute approximate surface area is 154 Å². The fraction of sp³-hybridized carbons (Fsp3) is 0.579. The highest BCUT2D eigenvalue weighted by Gasteiger charge is 2.27. The van der Waals surface area contributed by atoms with Gasteiger partial charge in [-0.2, -0.15) is 0 Å². The van der Waals surface area contributed by atoms with Crippen molar-refractivity contribution >= 4 is 17.5 Å². The quantitative estimate of drug-likeness (QED) is 0.835. The summed E-state index contributed by atoms with van der Waals surface area (Å²) in [4.78, 5) is 25.0. The molecule has 0 aromatic carbocycles. The van der Waals surface area contributed by atoms with E-state index in [1.807, 2.05) is 0 Å². The molecular formula is C19H25N7. The average molecular weight is 351 g/mol. The van der Waals surface area contributed by atoms with Crippen molar-refractivity contribution in [1.29, 1.82) is 0 Å². The molecule has 0 spiro atoms. The first-order valence-electron chi connectivity index (χ1n) is 9.76.